The third-order valence-corrected chi connectivity index (χ3v) is 3.26. The second-order valence-corrected chi connectivity index (χ2v) is 4.60. The molecule has 0 bridgehead atoms. The number of benzene rings is 1. The zero-order valence-corrected chi connectivity index (χ0v) is 10.3. The van der Waals surface area contributed by atoms with Crippen molar-refractivity contribution in [3.05, 3.63) is 35.4 Å². The van der Waals surface area contributed by atoms with Gasteiger partial charge in [-0.3, -0.25) is 4.79 Å². The first-order valence-corrected chi connectivity index (χ1v) is 6.03. The topological polar surface area (TPSA) is 104 Å². The molecule has 2 atom stereocenters. The number of likely N-dealkylation sites (tertiary alicyclic amines) is 1. The molecule has 1 saturated heterocycles. The van der Waals surface area contributed by atoms with E-state index in [4.69, 9.17) is 10.8 Å². The number of carboxylic acid groups (broad SMARTS) is 1. The Kier molecular flexibility index (Phi) is 3.82. The molecule has 102 valence electrons. The molecule has 0 radical (unpaired) electrons. The first-order chi connectivity index (χ1) is 9.02. The largest absolute Gasteiger partial charge is 0.480 e. The van der Waals surface area contributed by atoms with Gasteiger partial charge in [-0.1, -0.05) is 12.1 Å². The lowest BCUT2D eigenvalue weighted by Gasteiger charge is -2.21. The molecule has 0 aromatic heterocycles. The van der Waals surface area contributed by atoms with Crippen LogP contribution in [0.2, 0.25) is 0 Å². The van der Waals surface area contributed by atoms with Crippen LogP contribution >= 0.6 is 0 Å². The van der Waals surface area contributed by atoms with E-state index in [0.29, 0.717) is 12.1 Å². The van der Waals surface area contributed by atoms with E-state index in [1.165, 1.54) is 4.90 Å². The van der Waals surface area contributed by atoms with Gasteiger partial charge in [-0.25, -0.2) is 4.79 Å². The summed E-state index contributed by atoms with van der Waals surface area (Å²) in [6, 6.07) is 5.74. The van der Waals surface area contributed by atoms with Crippen LogP contribution < -0.4 is 5.73 Å². The fourth-order valence-corrected chi connectivity index (χ4v) is 2.22. The van der Waals surface area contributed by atoms with Crippen LogP contribution in [0.1, 0.15) is 22.3 Å². The molecule has 1 unspecified atom stereocenters. The molecule has 4 N–H and O–H groups in total. The molecule has 0 spiro atoms. The Morgan fingerprint density at radius 2 is 1.95 bits per heavy atom. The smallest absolute Gasteiger partial charge is 0.326 e. The second-order valence-electron chi connectivity index (χ2n) is 4.60. The summed E-state index contributed by atoms with van der Waals surface area (Å²) in [6.07, 6.45) is -0.713. The molecule has 1 aliphatic rings. The quantitative estimate of drug-likeness (QED) is 0.701. The first kappa shape index (κ1) is 13.5. The third kappa shape index (κ3) is 2.74. The van der Waals surface area contributed by atoms with Gasteiger partial charge in [0.1, 0.15) is 6.04 Å². The number of nitrogens with two attached hydrogens (primary N) is 1. The van der Waals surface area contributed by atoms with Gasteiger partial charge >= 0.3 is 5.97 Å². The predicted octanol–water partition coefficient (Wildman–Crippen LogP) is -0.195. The minimum atomic E-state index is -1.09. The third-order valence-electron chi connectivity index (χ3n) is 3.26. The molecule has 6 nitrogen and oxygen atoms in total. The number of aliphatic carboxylic acids is 1. The van der Waals surface area contributed by atoms with Gasteiger partial charge in [0, 0.05) is 25.1 Å². The first-order valence-electron chi connectivity index (χ1n) is 6.03. The average Bonchev–Trinajstić information content (AvgIpc) is 2.80. The zero-order valence-electron chi connectivity index (χ0n) is 10.3. The number of aliphatic hydroxyl groups excluding tert-OH is 1. The van der Waals surface area contributed by atoms with Crippen molar-refractivity contribution in [2.24, 2.45) is 5.73 Å². The maximum Gasteiger partial charge on any atom is 0.326 e. The van der Waals surface area contributed by atoms with E-state index in [-0.39, 0.29) is 18.9 Å². The van der Waals surface area contributed by atoms with Gasteiger partial charge in [0.25, 0.3) is 5.91 Å². The number of amides is 1. The van der Waals surface area contributed by atoms with Crippen molar-refractivity contribution in [3.8, 4) is 0 Å². The highest BCUT2D eigenvalue weighted by atomic mass is 16.4. The second kappa shape index (κ2) is 5.38. The lowest BCUT2D eigenvalue weighted by Crippen LogP contribution is -2.40. The van der Waals surface area contributed by atoms with Crippen LogP contribution in [0.3, 0.4) is 0 Å². The Labute approximate surface area is 110 Å². The monoisotopic (exact) mass is 264 g/mol. The van der Waals surface area contributed by atoms with E-state index < -0.39 is 18.1 Å². The predicted molar refractivity (Wildman–Crippen MR) is 67.4 cm³/mol. The summed E-state index contributed by atoms with van der Waals surface area (Å²) in [4.78, 5) is 24.5. The summed E-state index contributed by atoms with van der Waals surface area (Å²) < 4.78 is 0. The van der Waals surface area contributed by atoms with Gasteiger partial charge in [-0.15, -0.1) is 0 Å². The molecule has 1 aromatic rings. The van der Waals surface area contributed by atoms with Gasteiger partial charge in [0.15, 0.2) is 0 Å². The van der Waals surface area contributed by atoms with Crippen LogP contribution in [0.25, 0.3) is 0 Å². The Hall–Kier alpha value is -1.92. The molecule has 1 amide bonds. The minimum absolute atomic E-state index is 0.0500. The van der Waals surface area contributed by atoms with Crippen molar-refractivity contribution in [3.63, 3.8) is 0 Å². The van der Waals surface area contributed by atoms with Crippen molar-refractivity contribution in [1.82, 2.24) is 4.90 Å². The van der Waals surface area contributed by atoms with Crippen molar-refractivity contribution >= 4 is 11.9 Å². The highest BCUT2D eigenvalue weighted by molar-refractivity contribution is 5.97. The lowest BCUT2D eigenvalue weighted by atomic mass is 10.1. The SMILES string of the molecule is NCc1ccc(C(=O)N2CC(O)C[C@H]2C(=O)O)cc1. The van der Waals surface area contributed by atoms with E-state index in [2.05, 4.69) is 0 Å². The van der Waals surface area contributed by atoms with Gasteiger partial charge in [-0.05, 0) is 17.7 Å². The molecule has 2 rings (SSSR count). The standard InChI is InChI=1S/C13H16N2O4/c14-6-8-1-3-9(4-2-8)12(17)15-7-10(16)5-11(15)13(18)19/h1-4,10-11,16H,5-7,14H2,(H,18,19)/t10?,11-/m0/s1. The molecule has 1 heterocycles. The fraction of sp³-hybridized carbons (Fsp3) is 0.385. The number of hydrogen-bond acceptors (Lipinski definition) is 4. The highest BCUT2D eigenvalue weighted by Crippen LogP contribution is 2.21. The van der Waals surface area contributed by atoms with Crippen LogP contribution in [0, 0.1) is 0 Å². The number of β-amino-alcohol motifs (C(OH)–C–C–N with tert-alkyl or cyclic N) is 1. The maximum atomic E-state index is 12.2. The van der Waals surface area contributed by atoms with Crippen molar-refractivity contribution < 1.29 is 19.8 Å². The van der Waals surface area contributed by atoms with Crippen molar-refractivity contribution in [1.29, 1.82) is 0 Å². The van der Waals surface area contributed by atoms with Gasteiger partial charge in [0.2, 0.25) is 0 Å². The number of aliphatic hydroxyl groups is 1. The Morgan fingerprint density at radius 1 is 1.32 bits per heavy atom. The van der Waals surface area contributed by atoms with Crippen LogP contribution in [-0.4, -0.2) is 45.7 Å². The van der Waals surface area contributed by atoms with E-state index in [0.717, 1.165) is 5.56 Å². The molecular formula is C13H16N2O4. The molecule has 1 aliphatic heterocycles. The average molecular weight is 264 g/mol. The summed E-state index contributed by atoms with van der Waals surface area (Å²) in [7, 11) is 0. The summed E-state index contributed by atoms with van der Waals surface area (Å²) in [5, 5.41) is 18.6. The van der Waals surface area contributed by atoms with Gasteiger partial charge < -0.3 is 20.8 Å². The highest BCUT2D eigenvalue weighted by Gasteiger charge is 2.39. The zero-order chi connectivity index (χ0) is 14.0. The lowest BCUT2D eigenvalue weighted by molar-refractivity contribution is -0.141. The van der Waals surface area contributed by atoms with Gasteiger partial charge in [0.05, 0.1) is 6.10 Å². The molecule has 0 aliphatic carbocycles. The number of rotatable bonds is 3. The minimum Gasteiger partial charge on any atom is -0.480 e. The number of carboxylic acids is 1. The maximum absolute atomic E-state index is 12.2. The Balaban J connectivity index is 2.20. The molecule has 19 heavy (non-hydrogen) atoms. The van der Waals surface area contributed by atoms with Gasteiger partial charge in [-0.2, -0.15) is 0 Å². The van der Waals surface area contributed by atoms with Crippen LogP contribution in [0.4, 0.5) is 0 Å². The van der Waals surface area contributed by atoms with Crippen molar-refractivity contribution in [2.45, 2.75) is 25.1 Å². The molecule has 0 saturated carbocycles. The van der Waals surface area contributed by atoms with E-state index in [9.17, 15) is 14.7 Å². The molecule has 1 fully saturated rings. The van der Waals surface area contributed by atoms with Crippen molar-refractivity contribution in [2.75, 3.05) is 6.54 Å². The normalized spacial score (nSPS) is 22.5. The fourth-order valence-electron chi connectivity index (χ4n) is 2.22. The molecule has 6 heteroatoms. The summed E-state index contributed by atoms with van der Waals surface area (Å²) >= 11 is 0. The van der Waals surface area contributed by atoms with Crippen LogP contribution in [0.15, 0.2) is 24.3 Å². The number of nitrogens with zero attached hydrogens (tertiary/aromatic N) is 1. The Bertz CT molecular complexity index is 486. The van der Waals surface area contributed by atoms with Crippen LogP contribution in [-0.2, 0) is 11.3 Å². The molecule has 1 aromatic carbocycles. The summed E-state index contributed by atoms with van der Waals surface area (Å²) in [5.74, 6) is -1.48. The Morgan fingerprint density at radius 3 is 2.47 bits per heavy atom. The van der Waals surface area contributed by atoms with Crippen LogP contribution in [0.5, 0.6) is 0 Å². The number of carbonyl (C=O) groups is 2. The summed E-state index contributed by atoms with van der Waals surface area (Å²) in [5.41, 5.74) is 6.77. The van der Waals surface area contributed by atoms with E-state index in [1.807, 2.05) is 0 Å². The van der Waals surface area contributed by atoms with E-state index in [1.54, 1.807) is 24.3 Å². The number of carbonyl (C=O) groups excluding carboxylic acids is 1. The van der Waals surface area contributed by atoms with E-state index >= 15 is 0 Å². The number of hydrogen-bond donors (Lipinski definition) is 3. The molecular weight excluding hydrogens is 248 g/mol. The summed E-state index contributed by atoms with van der Waals surface area (Å²) in [6.45, 7) is 0.434.